The lowest BCUT2D eigenvalue weighted by Crippen LogP contribution is -1.87. The van der Waals surface area contributed by atoms with E-state index in [0.717, 1.165) is 72.1 Å². The highest BCUT2D eigenvalue weighted by Gasteiger charge is 2.18. The first-order valence-electron chi connectivity index (χ1n) is 14.4. The van der Waals surface area contributed by atoms with Gasteiger partial charge in [-0.25, -0.2) is 15.0 Å². The molecule has 0 radical (unpaired) electrons. The minimum absolute atomic E-state index is 0.726. The fourth-order valence-electron chi connectivity index (χ4n) is 5.45. The van der Waals surface area contributed by atoms with Crippen LogP contribution >= 0.6 is 7.53 Å². The number of hydrogen-bond donors (Lipinski definition) is 0. The number of ether oxygens (including phenoxy) is 2. The molecule has 0 bridgehead atoms. The first-order valence-corrected chi connectivity index (χ1v) is 15.7. The van der Waals surface area contributed by atoms with E-state index in [9.17, 15) is 0 Å². The summed E-state index contributed by atoms with van der Waals surface area (Å²) in [5, 5.41) is 4.52. The minimum atomic E-state index is -1.08. The van der Waals surface area contributed by atoms with Gasteiger partial charge in [0.1, 0.15) is 35.7 Å². The quantitative estimate of drug-likeness (QED) is 0.180. The monoisotopic (exact) mass is 601 g/mol. The number of rotatable bonds is 7. The number of nitrogens with zero attached hydrogens (tertiary/aromatic N) is 5. The van der Waals surface area contributed by atoms with E-state index < -0.39 is 7.53 Å². The summed E-state index contributed by atoms with van der Waals surface area (Å²) in [7, 11) is -1.08. The Kier molecular flexibility index (Phi) is 6.91. The Labute approximate surface area is 259 Å². The molecule has 0 unspecified atom stereocenters. The van der Waals surface area contributed by atoms with Crippen LogP contribution in [0.2, 0.25) is 0 Å². The van der Waals surface area contributed by atoms with Crippen LogP contribution in [0.3, 0.4) is 0 Å². The van der Waals surface area contributed by atoms with Gasteiger partial charge in [0.25, 0.3) is 0 Å². The molecule has 214 valence electrons. The second kappa shape index (κ2) is 11.6. The van der Waals surface area contributed by atoms with Crippen molar-refractivity contribution in [1.29, 1.82) is 0 Å². The van der Waals surface area contributed by atoms with Gasteiger partial charge in [-0.3, -0.25) is 9.97 Å². The molecule has 8 heteroatoms. The van der Waals surface area contributed by atoms with Gasteiger partial charge in [0.2, 0.25) is 0 Å². The zero-order valence-corrected chi connectivity index (χ0v) is 24.8. The van der Waals surface area contributed by atoms with Gasteiger partial charge < -0.3 is 9.47 Å². The Morgan fingerprint density at radius 3 is 1.44 bits per heavy atom. The van der Waals surface area contributed by atoms with Gasteiger partial charge in [-0.05, 0) is 103 Å². The van der Waals surface area contributed by atoms with E-state index in [1.165, 1.54) is 0 Å². The molecule has 8 rings (SSSR count). The average Bonchev–Trinajstić information content (AvgIpc) is 3.42. The second-order valence-corrected chi connectivity index (χ2v) is 12.4. The molecule has 0 aliphatic rings. The summed E-state index contributed by atoms with van der Waals surface area (Å²) < 4.78 is 12.8. The minimum Gasteiger partial charge on any atom is -0.457 e. The topological polar surface area (TPSA) is 82.9 Å². The molecule has 0 spiro atoms. The van der Waals surface area contributed by atoms with E-state index in [1.54, 1.807) is 25.0 Å². The van der Waals surface area contributed by atoms with E-state index in [-0.39, 0.29) is 0 Å². The zero-order chi connectivity index (χ0) is 30.0. The maximum Gasteiger partial charge on any atom is 0.179 e. The summed E-state index contributed by atoms with van der Waals surface area (Å²) in [4.78, 5) is 22.2. The van der Waals surface area contributed by atoms with Crippen molar-refractivity contribution >= 4 is 28.5 Å². The first kappa shape index (κ1) is 26.7. The highest BCUT2D eigenvalue weighted by molar-refractivity contribution is 7.67. The number of fused-ring (bicyclic) bond motifs is 3. The molecule has 0 atom stereocenters. The zero-order valence-electron chi connectivity index (χ0n) is 23.9. The van der Waals surface area contributed by atoms with Crippen molar-refractivity contribution in [1.82, 2.24) is 24.9 Å². The van der Waals surface area contributed by atoms with E-state index in [1.807, 2.05) is 97.1 Å². The van der Waals surface area contributed by atoms with Gasteiger partial charge in [0, 0.05) is 33.8 Å². The van der Waals surface area contributed by atoms with E-state index in [2.05, 4.69) is 49.2 Å². The van der Waals surface area contributed by atoms with Crippen molar-refractivity contribution < 1.29 is 9.47 Å². The average molecular weight is 602 g/mol. The molecule has 4 heterocycles. The summed E-state index contributed by atoms with van der Waals surface area (Å²) >= 11 is 0. The number of aromatic nitrogens is 5. The van der Waals surface area contributed by atoms with Crippen LogP contribution in [-0.4, -0.2) is 24.9 Å². The predicted molar refractivity (Wildman–Crippen MR) is 178 cm³/mol. The van der Waals surface area contributed by atoms with Crippen LogP contribution in [0.15, 0.2) is 146 Å². The molecule has 7 nitrogen and oxygen atoms in total. The van der Waals surface area contributed by atoms with Crippen molar-refractivity contribution in [2.45, 2.75) is 0 Å². The molecule has 8 aromatic rings. The van der Waals surface area contributed by atoms with Gasteiger partial charge in [0.15, 0.2) is 5.57 Å². The van der Waals surface area contributed by atoms with E-state index >= 15 is 0 Å². The Hall–Kier alpha value is -5.91. The van der Waals surface area contributed by atoms with E-state index in [4.69, 9.17) is 9.47 Å². The van der Waals surface area contributed by atoms with Gasteiger partial charge in [-0.1, -0.05) is 36.4 Å². The van der Waals surface area contributed by atoms with Crippen molar-refractivity contribution in [3.63, 3.8) is 0 Å². The third-order valence-electron chi connectivity index (χ3n) is 7.45. The van der Waals surface area contributed by atoms with Crippen LogP contribution in [0.5, 0.6) is 23.0 Å². The Balaban J connectivity index is 1.19. The largest absolute Gasteiger partial charge is 0.457 e. The lowest BCUT2D eigenvalue weighted by Gasteiger charge is -2.09. The molecule has 0 amide bonds. The molecule has 0 saturated carbocycles. The lowest BCUT2D eigenvalue weighted by atomic mass is 10.1. The van der Waals surface area contributed by atoms with Crippen molar-refractivity contribution in [3.05, 3.63) is 146 Å². The smallest absolute Gasteiger partial charge is 0.179 e. The van der Waals surface area contributed by atoms with Crippen LogP contribution < -0.4 is 9.47 Å². The third kappa shape index (κ3) is 5.37. The van der Waals surface area contributed by atoms with Crippen LogP contribution in [0, 0.1) is 0 Å². The Morgan fingerprint density at radius 1 is 0.444 bits per heavy atom. The molecule has 4 aromatic heterocycles. The van der Waals surface area contributed by atoms with Gasteiger partial charge in [0.05, 0.1) is 11.4 Å². The van der Waals surface area contributed by atoms with Gasteiger partial charge in [-0.15, -0.1) is 0 Å². The maximum absolute atomic E-state index is 6.40. The molecule has 45 heavy (non-hydrogen) atoms. The highest BCUT2D eigenvalue weighted by Crippen LogP contribution is 2.55. The molecule has 0 saturated heterocycles. The highest BCUT2D eigenvalue weighted by atomic mass is 31.1. The summed E-state index contributed by atoms with van der Waals surface area (Å²) in [5.41, 5.74) is 4.50. The molecule has 0 aliphatic heterocycles. The van der Waals surface area contributed by atoms with Crippen LogP contribution in [-0.2, 0) is 0 Å². The second-order valence-electron chi connectivity index (χ2n) is 10.3. The predicted octanol–water partition coefficient (Wildman–Crippen LogP) is 9.86. The number of hydrogen-bond acceptors (Lipinski definition) is 7. The van der Waals surface area contributed by atoms with Crippen molar-refractivity contribution in [2.24, 2.45) is 0 Å². The summed E-state index contributed by atoms with van der Waals surface area (Å²) in [6, 6.07) is 40.2. The molecule has 0 fully saturated rings. The molecular formula is C37H24N5O2P. The maximum atomic E-state index is 6.40. The fourth-order valence-corrected chi connectivity index (χ4v) is 7.86. The SMILES string of the molecule is c1ccc(-c2cccc(Oc3ccc4c5ccc(Oc6cccc(-c7ccccn7)c6)cc5p(-c5ncncn5)c4c3)c2)nc1. The van der Waals surface area contributed by atoms with Crippen LogP contribution in [0.1, 0.15) is 0 Å². The van der Waals surface area contributed by atoms with Crippen molar-refractivity contribution in [3.8, 4) is 51.1 Å². The first-order chi connectivity index (χ1) is 22.3. The van der Waals surface area contributed by atoms with E-state index in [0.29, 0.717) is 0 Å². The lowest BCUT2D eigenvalue weighted by molar-refractivity contribution is 0.483. The standard InChI is InChI=1S/C37H24N5O2P/c1-3-17-39-33(11-1)25-7-5-9-27(19-25)43-29-13-15-31-32-16-14-30(22-36(32)45(35(31)21-29)37-41-23-38-24-42-37)44-28-10-6-8-26(20-28)34-12-2-4-18-40-34/h1-24H. The molecule has 0 aliphatic carbocycles. The summed E-state index contributed by atoms with van der Waals surface area (Å²) in [6.45, 7) is 0. The Morgan fingerprint density at radius 2 is 0.956 bits per heavy atom. The van der Waals surface area contributed by atoms with Crippen LogP contribution in [0.25, 0.3) is 49.1 Å². The fraction of sp³-hybridized carbons (Fsp3) is 0. The van der Waals surface area contributed by atoms with Crippen LogP contribution in [0.4, 0.5) is 0 Å². The summed E-state index contributed by atoms with van der Waals surface area (Å²) in [5.74, 6) is 2.96. The molecule has 4 aromatic carbocycles. The Bertz CT molecular complexity index is 2130. The van der Waals surface area contributed by atoms with Gasteiger partial charge in [-0.2, -0.15) is 0 Å². The third-order valence-corrected chi connectivity index (χ3v) is 9.79. The normalized spacial score (nSPS) is 11.1. The summed E-state index contributed by atoms with van der Waals surface area (Å²) in [6.07, 6.45) is 6.69. The van der Waals surface area contributed by atoms with Gasteiger partial charge >= 0.3 is 0 Å². The molecule has 0 N–H and O–H groups in total. The number of benzene rings is 4. The number of pyridine rings is 2. The molecular weight excluding hydrogens is 577 g/mol. The van der Waals surface area contributed by atoms with Crippen molar-refractivity contribution in [2.75, 3.05) is 0 Å².